The van der Waals surface area contributed by atoms with Gasteiger partial charge in [0, 0.05) is 16.7 Å². The minimum absolute atomic E-state index is 0.0111. The molecule has 12 heteroatoms. The van der Waals surface area contributed by atoms with Gasteiger partial charge in [0.15, 0.2) is 14.9 Å². The van der Waals surface area contributed by atoms with Gasteiger partial charge in [-0.1, -0.05) is 29.8 Å². The molecule has 182 valence electrons. The summed E-state index contributed by atoms with van der Waals surface area (Å²) in [4.78, 5) is 37.8. The molecule has 0 atom stereocenters. The summed E-state index contributed by atoms with van der Waals surface area (Å²) in [5.74, 6) is -2.12. The number of nitro groups is 1. The zero-order valence-corrected chi connectivity index (χ0v) is 20.6. The van der Waals surface area contributed by atoms with Crippen LogP contribution < -0.4 is 10.2 Å². The summed E-state index contributed by atoms with van der Waals surface area (Å²) in [6.07, 6.45) is 1.23. The number of carbonyl (C=O) groups excluding carboxylic acids is 2. The van der Waals surface area contributed by atoms with Crippen LogP contribution in [0.3, 0.4) is 0 Å². The van der Waals surface area contributed by atoms with Crippen molar-refractivity contribution in [3.8, 4) is 0 Å². The average Bonchev–Trinajstić information content (AvgIpc) is 2.83. The summed E-state index contributed by atoms with van der Waals surface area (Å²) in [5, 5.41) is 14.3. The summed E-state index contributed by atoms with van der Waals surface area (Å²) in [5.41, 5.74) is -0.184. The fourth-order valence-electron chi connectivity index (χ4n) is 3.55. The maximum Gasteiger partial charge on any atom is 0.273 e. The van der Waals surface area contributed by atoms with Crippen molar-refractivity contribution >= 4 is 68.0 Å². The lowest BCUT2D eigenvalue weighted by Crippen LogP contribution is -2.54. The highest BCUT2D eigenvalue weighted by Gasteiger charge is 2.34. The topological polar surface area (TPSA) is 127 Å². The molecule has 36 heavy (non-hydrogen) atoms. The van der Waals surface area contributed by atoms with Crippen LogP contribution in [-0.4, -0.2) is 30.3 Å². The Balaban J connectivity index is 1.73. The van der Waals surface area contributed by atoms with E-state index >= 15 is 0 Å². The van der Waals surface area contributed by atoms with Gasteiger partial charge in [0.05, 0.1) is 21.3 Å². The lowest BCUT2D eigenvalue weighted by molar-refractivity contribution is -0.385. The predicted molar refractivity (Wildman–Crippen MR) is 138 cm³/mol. The molecule has 9 nitrogen and oxygen atoms in total. The molecule has 1 aliphatic rings. The Bertz CT molecular complexity index is 1540. The van der Waals surface area contributed by atoms with Crippen LogP contribution in [0.15, 0.2) is 83.3 Å². The van der Waals surface area contributed by atoms with E-state index in [0.717, 1.165) is 11.0 Å². The second-order valence-electron chi connectivity index (χ2n) is 7.65. The van der Waals surface area contributed by atoms with Crippen molar-refractivity contribution in [2.75, 3.05) is 4.90 Å². The zero-order valence-electron chi connectivity index (χ0n) is 18.3. The number of rotatable bonds is 6. The molecule has 1 fully saturated rings. The Labute approximate surface area is 216 Å². The Morgan fingerprint density at radius 3 is 2.33 bits per heavy atom. The van der Waals surface area contributed by atoms with E-state index < -0.39 is 38.0 Å². The smallest absolute Gasteiger partial charge is 0.273 e. The van der Waals surface area contributed by atoms with E-state index in [4.69, 9.17) is 23.8 Å². The molecule has 1 N–H and O–H groups in total. The summed E-state index contributed by atoms with van der Waals surface area (Å²) >= 11 is 11.1. The number of benzene rings is 3. The van der Waals surface area contributed by atoms with Crippen molar-refractivity contribution in [3.63, 3.8) is 0 Å². The van der Waals surface area contributed by atoms with Crippen LogP contribution >= 0.6 is 23.8 Å². The quantitative estimate of drug-likeness (QED) is 0.164. The summed E-state index contributed by atoms with van der Waals surface area (Å²) < 4.78 is 25.7. The van der Waals surface area contributed by atoms with Crippen LogP contribution in [0.4, 0.5) is 11.4 Å². The second kappa shape index (κ2) is 9.97. The number of halogens is 1. The maximum atomic E-state index is 13.2. The predicted octanol–water partition coefficient (Wildman–Crippen LogP) is 4.05. The highest BCUT2D eigenvalue weighted by Crippen LogP contribution is 2.28. The number of hydrogen-bond acceptors (Lipinski definition) is 7. The number of anilines is 1. The molecular formula is C24H16ClN3O6S2. The van der Waals surface area contributed by atoms with E-state index in [1.165, 1.54) is 30.3 Å². The molecule has 1 saturated heterocycles. The van der Waals surface area contributed by atoms with Crippen molar-refractivity contribution in [3.05, 3.63) is 105 Å². The Hall–Kier alpha value is -3.93. The van der Waals surface area contributed by atoms with Gasteiger partial charge in [-0.3, -0.25) is 29.9 Å². The molecular weight excluding hydrogens is 526 g/mol. The molecule has 0 aromatic heterocycles. The van der Waals surface area contributed by atoms with E-state index in [2.05, 4.69) is 5.32 Å². The van der Waals surface area contributed by atoms with E-state index in [0.29, 0.717) is 10.7 Å². The first-order chi connectivity index (χ1) is 17.1. The number of amides is 2. The van der Waals surface area contributed by atoms with E-state index in [-0.39, 0.29) is 26.7 Å². The lowest BCUT2D eigenvalue weighted by Gasteiger charge is -2.29. The van der Waals surface area contributed by atoms with Crippen molar-refractivity contribution in [2.24, 2.45) is 0 Å². The molecule has 0 aliphatic carbocycles. The van der Waals surface area contributed by atoms with Crippen LogP contribution in [0.2, 0.25) is 5.02 Å². The molecule has 1 aliphatic heterocycles. The number of nitrogens with one attached hydrogen (secondary N) is 1. The standard InChI is InChI=1S/C24H16ClN3O6S2/c25-17-7-9-18(10-8-17)27-23(30)20(22(29)26-24(27)35)13-15-6-11-21(28(31)32)16(12-15)14-36(33,34)19-4-2-1-3-5-19/h1-13H,14H2,(H,26,29,35). The molecule has 0 spiro atoms. The van der Waals surface area contributed by atoms with Gasteiger partial charge in [-0.15, -0.1) is 0 Å². The van der Waals surface area contributed by atoms with Crippen LogP contribution in [0, 0.1) is 10.1 Å². The summed E-state index contributed by atoms with van der Waals surface area (Å²) in [6, 6.07) is 17.5. The van der Waals surface area contributed by atoms with Gasteiger partial charge in [0.25, 0.3) is 17.5 Å². The third kappa shape index (κ3) is 5.18. The maximum absolute atomic E-state index is 13.2. The first-order valence-electron chi connectivity index (χ1n) is 10.3. The van der Waals surface area contributed by atoms with Gasteiger partial charge in [-0.25, -0.2) is 8.42 Å². The van der Waals surface area contributed by atoms with Crippen molar-refractivity contribution in [1.82, 2.24) is 5.32 Å². The van der Waals surface area contributed by atoms with Gasteiger partial charge in [-0.2, -0.15) is 0 Å². The van der Waals surface area contributed by atoms with Gasteiger partial charge in [0.1, 0.15) is 5.57 Å². The minimum atomic E-state index is -3.90. The average molecular weight is 542 g/mol. The highest BCUT2D eigenvalue weighted by atomic mass is 35.5. The Morgan fingerprint density at radius 2 is 1.69 bits per heavy atom. The largest absolute Gasteiger partial charge is 0.298 e. The summed E-state index contributed by atoms with van der Waals surface area (Å²) in [7, 11) is -3.90. The van der Waals surface area contributed by atoms with E-state index in [9.17, 15) is 28.1 Å². The number of hydrogen-bond donors (Lipinski definition) is 1. The molecule has 3 aromatic rings. The van der Waals surface area contributed by atoms with Crippen LogP contribution in [0.5, 0.6) is 0 Å². The third-order valence-electron chi connectivity index (χ3n) is 5.25. The fourth-order valence-corrected chi connectivity index (χ4v) is 5.34. The molecule has 0 radical (unpaired) electrons. The SMILES string of the molecule is O=C1NC(=S)N(c2ccc(Cl)cc2)C(=O)C1=Cc1ccc([N+](=O)[O-])c(CS(=O)(=O)c2ccccc2)c1. The lowest BCUT2D eigenvalue weighted by atomic mass is 10.0. The molecule has 4 rings (SSSR count). The highest BCUT2D eigenvalue weighted by molar-refractivity contribution is 7.90. The Kier molecular flexibility index (Phi) is 6.97. The number of nitro benzene ring substituents is 1. The zero-order chi connectivity index (χ0) is 26.0. The molecule has 1 heterocycles. The second-order valence-corrected chi connectivity index (χ2v) is 10.5. The van der Waals surface area contributed by atoms with Gasteiger partial charge in [0.2, 0.25) is 0 Å². The molecule has 2 amide bonds. The third-order valence-corrected chi connectivity index (χ3v) is 7.46. The fraction of sp³-hybridized carbons (Fsp3) is 0.0417. The number of sulfone groups is 1. The van der Waals surface area contributed by atoms with E-state index in [1.54, 1.807) is 42.5 Å². The van der Waals surface area contributed by atoms with Gasteiger partial charge < -0.3 is 0 Å². The first-order valence-corrected chi connectivity index (χ1v) is 12.7. The first kappa shape index (κ1) is 25.2. The Morgan fingerprint density at radius 1 is 1.03 bits per heavy atom. The number of carbonyl (C=O) groups is 2. The van der Waals surface area contributed by atoms with Crippen molar-refractivity contribution < 1.29 is 22.9 Å². The molecule has 0 bridgehead atoms. The van der Waals surface area contributed by atoms with Crippen LogP contribution in [0.1, 0.15) is 11.1 Å². The molecule has 0 unspecified atom stereocenters. The van der Waals surface area contributed by atoms with Crippen LogP contribution in [-0.2, 0) is 25.2 Å². The van der Waals surface area contributed by atoms with Crippen LogP contribution in [0.25, 0.3) is 6.08 Å². The molecule has 3 aromatic carbocycles. The van der Waals surface area contributed by atoms with Gasteiger partial charge >= 0.3 is 0 Å². The van der Waals surface area contributed by atoms with Gasteiger partial charge in [-0.05, 0) is 72.4 Å². The number of nitrogens with zero attached hydrogens (tertiary/aromatic N) is 2. The summed E-state index contributed by atoms with van der Waals surface area (Å²) in [6.45, 7) is 0. The van der Waals surface area contributed by atoms with E-state index in [1.807, 2.05) is 0 Å². The van der Waals surface area contributed by atoms with Crippen molar-refractivity contribution in [1.29, 1.82) is 0 Å². The minimum Gasteiger partial charge on any atom is -0.298 e. The number of thiocarbonyl (C=S) groups is 1. The monoisotopic (exact) mass is 541 g/mol. The normalized spacial score (nSPS) is 15.2. The molecule has 0 saturated carbocycles. The van der Waals surface area contributed by atoms with Crippen molar-refractivity contribution in [2.45, 2.75) is 10.6 Å².